The van der Waals surface area contributed by atoms with E-state index in [1.807, 2.05) is 36.4 Å². The number of hydrazine groups is 1. The molecule has 3 aromatic rings. The lowest BCUT2D eigenvalue weighted by Crippen LogP contribution is -2.32. The molecule has 0 spiro atoms. The number of nitrogens with zero attached hydrogens (tertiary/aromatic N) is 3. The zero-order valence-electron chi connectivity index (χ0n) is 14.7. The monoisotopic (exact) mass is 357 g/mol. The molecular formula is C21H19N5O. The van der Waals surface area contributed by atoms with E-state index in [0.29, 0.717) is 12.1 Å². The van der Waals surface area contributed by atoms with Crippen LogP contribution < -0.4 is 16.2 Å². The number of amides is 1. The average Bonchev–Trinajstić information content (AvgIpc) is 3.31. The number of rotatable bonds is 3. The second kappa shape index (κ2) is 6.17. The highest BCUT2D eigenvalue weighted by Gasteiger charge is 2.44. The van der Waals surface area contributed by atoms with Gasteiger partial charge in [0.1, 0.15) is 5.82 Å². The van der Waals surface area contributed by atoms with Crippen LogP contribution in [0.4, 0.5) is 5.82 Å². The molecule has 1 saturated heterocycles. The Bertz CT molecular complexity index is 989. The van der Waals surface area contributed by atoms with Gasteiger partial charge in [-0.2, -0.15) is 0 Å². The normalized spacial score (nSPS) is 19.8. The number of nitrogens with one attached hydrogen (secondary N) is 1. The van der Waals surface area contributed by atoms with Crippen molar-refractivity contribution in [1.82, 2.24) is 15.4 Å². The lowest BCUT2D eigenvalue weighted by Gasteiger charge is -2.24. The summed E-state index contributed by atoms with van der Waals surface area (Å²) in [5.74, 6) is 5.71. The topological polar surface area (TPSA) is 84.1 Å². The van der Waals surface area contributed by atoms with Crippen molar-refractivity contribution in [2.45, 2.75) is 24.9 Å². The Hall–Kier alpha value is -3.25. The molecule has 6 heteroatoms. The van der Waals surface area contributed by atoms with E-state index in [-0.39, 0.29) is 5.82 Å². The Morgan fingerprint density at radius 1 is 0.963 bits per heavy atom. The summed E-state index contributed by atoms with van der Waals surface area (Å²) in [6, 6.07) is 20.9. The Labute approximate surface area is 157 Å². The van der Waals surface area contributed by atoms with Crippen LogP contribution in [0.2, 0.25) is 0 Å². The smallest absolute Gasteiger partial charge is 0.303 e. The van der Waals surface area contributed by atoms with Crippen LogP contribution in [0.5, 0.6) is 0 Å². The number of aromatic nitrogens is 2. The number of anilines is 1. The Morgan fingerprint density at radius 3 is 2.22 bits per heavy atom. The van der Waals surface area contributed by atoms with Crippen molar-refractivity contribution in [3.8, 4) is 11.3 Å². The number of hydrogen-bond acceptors (Lipinski definition) is 5. The highest BCUT2D eigenvalue weighted by Crippen LogP contribution is 2.54. The molecule has 0 aliphatic carbocycles. The molecule has 2 bridgehead atoms. The van der Waals surface area contributed by atoms with Gasteiger partial charge in [-0.05, 0) is 24.0 Å². The minimum atomic E-state index is -0.488. The predicted molar refractivity (Wildman–Crippen MR) is 103 cm³/mol. The third-order valence-electron chi connectivity index (χ3n) is 5.48. The quantitative estimate of drug-likeness (QED) is 0.427. The summed E-state index contributed by atoms with van der Waals surface area (Å²) in [4.78, 5) is 23.5. The molecule has 1 amide bonds. The molecule has 2 aliphatic heterocycles. The molecule has 5 rings (SSSR count). The molecule has 2 aliphatic rings. The van der Waals surface area contributed by atoms with Crippen LogP contribution in [0.3, 0.4) is 0 Å². The zero-order valence-corrected chi connectivity index (χ0v) is 14.7. The molecule has 6 nitrogen and oxygen atoms in total. The number of nitrogens with two attached hydrogens (primary N) is 1. The van der Waals surface area contributed by atoms with Gasteiger partial charge in [-0.25, -0.2) is 15.8 Å². The third kappa shape index (κ3) is 2.49. The van der Waals surface area contributed by atoms with Crippen molar-refractivity contribution in [3.63, 3.8) is 0 Å². The van der Waals surface area contributed by atoms with E-state index in [1.54, 1.807) is 0 Å². The Kier molecular flexibility index (Phi) is 3.65. The summed E-state index contributed by atoms with van der Waals surface area (Å²) < 4.78 is 0. The van der Waals surface area contributed by atoms with Gasteiger partial charge in [0, 0.05) is 11.6 Å². The summed E-state index contributed by atoms with van der Waals surface area (Å²) in [5.41, 5.74) is 6.53. The lowest BCUT2D eigenvalue weighted by atomic mass is 9.92. The van der Waals surface area contributed by atoms with E-state index in [0.717, 1.165) is 29.9 Å². The highest BCUT2D eigenvalue weighted by atomic mass is 16.2. The Balaban J connectivity index is 1.64. The number of fused-ring (bicyclic) bond motifs is 5. The van der Waals surface area contributed by atoms with Crippen LogP contribution in [0, 0.1) is 0 Å². The summed E-state index contributed by atoms with van der Waals surface area (Å²) in [6.07, 6.45) is 2.18. The van der Waals surface area contributed by atoms with Crippen LogP contribution in [0.25, 0.3) is 11.3 Å². The number of carbonyl (C=O) groups is 1. The first-order valence-electron chi connectivity index (χ1n) is 9.09. The first kappa shape index (κ1) is 16.0. The minimum absolute atomic E-state index is 0.0872. The second-order valence-electron chi connectivity index (χ2n) is 6.92. The van der Waals surface area contributed by atoms with Gasteiger partial charge in [-0.1, -0.05) is 54.6 Å². The number of carbonyl (C=O) groups excluding carboxylic acids is 1. The van der Waals surface area contributed by atoms with Gasteiger partial charge < -0.3 is 4.90 Å². The van der Waals surface area contributed by atoms with Crippen LogP contribution >= 0.6 is 0 Å². The fourth-order valence-electron chi connectivity index (χ4n) is 4.35. The standard InChI is InChI=1S/C21H19N5O/c22-25-21(27)20-23-16(13-6-2-1-3-7-13)12-19(24-20)26-17-10-11-18(26)15-9-5-4-8-14(15)17/h1-9,12,17-18H,10-11,22H2,(H,25,27)/t17-,18+. The molecule has 134 valence electrons. The van der Waals surface area contributed by atoms with Gasteiger partial charge in [0.05, 0.1) is 17.8 Å². The SMILES string of the molecule is NNC(=O)c1nc(-c2ccccc2)cc(N2[C@@H]3CC[C@H]2c2ccccc23)n1. The summed E-state index contributed by atoms with van der Waals surface area (Å²) >= 11 is 0. The fourth-order valence-corrected chi connectivity index (χ4v) is 4.35. The van der Waals surface area contributed by atoms with E-state index in [9.17, 15) is 4.79 Å². The first-order chi connectivity index (χ1) is 13.3. The number of benzene rings is 2. The van der Waals surface area contributed by atoms with Gasteiger partial charge in [-0.15, -0.1) is 0 Å². The van der Waals surface area contributed by atoms with Crippen molar-refractivity contribution in [2.24, 2.45) is 5.84 Å². The summed E-state index contributed by atoms with van der Waals surface area (Å²) in [5, 5.41) is 0. The van der Waals surface area contributed by atoms with Crippen LogP contribution in [-0.2, 0) is 0 Å². The average molecular weight is 357 g/mol. The fraction of sp³-hybridized carbons (Fsp3) is 0.190. The molecule has 0 unspecified atom stereocenters. The molecule has 2 aromatic carbocycles. The second-order valence-corrected chi connectivity index (χ2v) is 6.92. The maximum absolute atomic E-state index is 12.2. The molecule has 3 heterocycles. The zero-order chi connectivity index (χ0) is 18.4. The van der Waals surface area contributed by atoms with Gasteiger partial charge in [0.25, 0.3) is 0 Å². The van der Waals surface area contributed by atoms with Crippen molar-refractivity contribution in [3.05, 3.63) is 77.6 Å². The molecule has 0 saturated carbocycles. The van der Waals surface area contributed by atoms with Crippen molar-refractivity contribution >= 4 is 11.7 Å². The molecule has 27 heavy (non-hydrogen) atoms. The maximum atomic E-state index is 12.2. The molecule has 0 radical (unpaired) electrons. The molecule has 1 fully saturated rings. The van der Waals surface area contributed by atoms with Gasteiger partial charge >= 0.3 is 5.91 Å². The number of nitrogen functional groups attached to an aromatic ring is 1. The molecule has 3 N–H and O–H groups in total. The van der Waals surface area contributed by atoms with E-state index in [4.69, 9.17) is 5.84 Å². The minimum Gasteiger partial charge on any atom is -0.342 e. The number of hydrogen-bond donors (Lipinski definition) is 2. The lowest BCUT2D eigenvalue weighted by molar-refractivity contribution is 0.0943. The Morgan fingerprint density at radius 2 is 1.59 bits per heavy atom. The van der Waals surface area contributed by atoms with Crippen molar-refractivity contribution in [2.75, 3.05) is 4.90 Å². The molecular weight excluding hydrogens is 338 g/mol. The van der Waals surface area contributed by atoms with E-state index in [2.05, 4.69) is 44.6 Å². The summed E-state index contributed by atoms with van der Waals surface area (Å²) in [6.45, 7) is 0. The van der Waals surface area contributed by atoms with Crippen LogP contribution in [0.1, 0.15) is 46.7 Å². The maximum Gasteiger partial charge on any atom is 0.303 e. The largest absolute Gasteiger partial charge is 0.342 e. The van der Waals surface area contributed by atoms with Gasteiger partial charge in [0.15, 0.2) is 0 Å². The first-order valence-corrected chi connectivity index (χ1v) is 9.09. The van der Waals surface area contributed by atoms with Crippen LogP contribution in [0.15, 0.2) is 60.7 Å². The highest BCUT2D eigenvalue weighted by molar-refractivity contribution is 5.91. The summed E-state index contributed by atoms with van der Waals surface area (Å²) in [7, 11) is 0. The molecule has 1 aromatic heterocycles. The van der Waals surface area contributed by atoms with Gasteiger partial charge in [-0.3, -0.25) is 10.2 Å². The third-order valence-corrected chi connectivity index (χ3v) is 5.48. The van der Waals surface area contributed by atoms with E-state index >= 15 is 0 Å². The van der Waals surface area contributed by atoms with Gasteiger partial charge in [0.2, 0.25) is 5.82 Å². The predicted octanol–water partition coefficient (Wildman–Crippen LogP) is 3.14. The van der Waals surface area contributed by atoms with Crippen LogP contribution in [-0.4, -0.2) is 15.9 Å². The van der Waals surface area contributed by atoms with E-state index < -0.39 is 5.91 Å². The molecule has 2 atom stereocenters. The van der Waals surface area contributed by atoms with E-state index in [1.165, 1.54) is 11.1 Å². The van der Waals surface area contributed by atoms with Crippen molar-refractivity contribution < 1.29 is 4.79 Å². The van der Waals surface area contributed by atoms with Crippen molar-refractivity contribution in [1.29, 1.82) is 0 Å².